The Labute approximate surface area is 153 Å². The van der Waals surface area contributed by atoms with Gasteiger partial charge in [0, 0.05) is 25.8 Å². The number of anilines is 3. The fourth-order valence-electron chi connectivity index (χ4n) is 3.20. The van der Waals surface area contributed by atoms with Gasteiger partial charge in [-0.05, 0) is 38.1 Å². The molecule has 2 aromatic rings. The van der Waals surface area contributed by atoms with E-state index in [1.807, 2.05) is 30.3 Å². The first-order chi connectivity index (χ1) is 12.7. The van der Waals surface area contributed by atoms with Gasteiger partial charge < -0.3 is 15.1 Å². The van der Waals surface area contributed by atoms with E-state index in [-0.39, 0.29) is 17.3 Å². The zero-order valence-corrected chi connectivity index (χ0v) is 15.0. The lowest BCUT2D eigenvalue weighted by Gasteiger charge is -2.26. The van der Waals surface area contributed by atoms with Crippen LogP contribution >= 0.6 is 0 Å². The van der Waals surface area contributed by atoms with Crippen molar-refractivity contribution < 1.29 is 4.92 Å². The summed E-state index contributed by atoms with van der Waals surface area (Å²) in [6.45, 7) is 3.66. The van der Waals surface area contributed by atoms with E-state index in [1.54, 1.807) is 11.9 Å². The Bertz CT molecular complexity index is 734. The fraction of sp³-hybridized carbons (Fsp3) is 0.444. The fourth-order valence-corrected chi connectivity index (χ4v) is 3.20. The van der Waals surface area contributed by atoms with Gasteiger partial charge in [0.05, 0.1) is 4.92 Å². The Morgan fingerprint density at radius 2 is 1.92 bits per heavy atom. The van der Waals surface area contributed by atoms with E-state index >= 15 is 0 Å². The van der Waals surface area contributed by atoms with Gasteiger partial charge in [-0.25, -0.2) is 9.97 Å². The van der Waals surface area contributed by atoms with Crippen molar-refractivity contribution in [3.63, 3.8) is 0 Å². The van der Waals surface area contributed by atoms with Gasteiger partial charge in [0.2, 0.25) is 11.6 Å². The number of hydrogen-bond donors (Lipinski definition) is 1. The van der Waals surface area contributed by atoms with E-state index in [0.29, 0.717) is 6.54 Å². The molecular weight excluding hydrogens is 332 g/mol. The molecule has 138 valence electrons. The minimum absolute atomic E-state index is 0.0995. The largest absolute Gasteiger partial charge is 0.363 e. The van der Waals surface area contributed by atoms with Crippen molar-refractivity contribution in [2.45, 2.75) is 19.3 Å². The Morgan fingerprint density at radius 1 is 1.19 bits per heavy atom. The summed E-state index contributed by atoms with van der Waals surface area (Å²) in [5, 5.41) is 14.8. The number of aromatic nitrogens is 2. The number of hydrogen-bond acceptors (Lipinski definition) is 7. The molecular formula is C18H24N6O2. The third-order valence-corrected chi connectivity index (χ3v) is 4.62. The molecule has 8 nitrogen and oxygen atoms in total. The standard InChI is InChI=1S/C18H24N6O2/c1-22(15-8-4-2-5-9-15)18-16(24(25)26)17(20-14-21-18)19-10-13-23-11-6-3-7-12-23/h2,4-5,8-9,14H,3,6-7,10-13H2,1H3,(H,19,20,21). The lowest BCUT2D eigenvalue weighted by Crippen LogP contribution is -2.33. The molecule has 0 spiro atoms. The zero-order valence-electron chi connectivity index (χ0n) is 15.0. The molecule has 1 aliphatic heterocycles. The summed E-state index contributed by atoms with van der Waals surface area (Å²) >= 11 is 0. The first-order valence-corrected chi connectivity index (χ1v) is 8.91. The molecule has 3 rings (SSSR count). The highest BCUT2D eigenvalue weighted by Crippen LogP contribution is 2.34. The van der Waals surface area contributed by atoms with Crippen molar-refractivity contribution in [3.05, 3.63) is 46.8 Å². The molecule has 8 heteroatoms. The molecule has 0 bridgehead atoms. The van der Waals surface area contributed by atoms with Crippen LogP contribution in [-0.2, 0) is 0 Å². The molecule has 1 aromatic heterocycles. The third kappa shape index (κ3) is 4.26. The topological polar surface area (TPSA) is 87.4 Å². The molecule has 0 amide bonds. The van der Waals surface area contributed by atoms with Crippen LogP contribution in [0.15, 0.2) is 36.7 Å². The molecule has 1 aliphatic rings. The SMILES string of the molecule is CN(c1ccccc1)c1ncnc(NCCN2CCCCC2)c1[N+](=O)[O-]. The van der Waals surface area contributed by atoms with Gasteiger partial charge in [0.15, 0.2) is 0 Å². The highest BCUT2D eigenvalue weighted by atomic mass is 16.6. The summed E-state index contributed by atoms with van der Waals surface area (Å²) in [6, 6.07) is 9.44. The van der Waals surface area contributed by atoms with Gasteiger partial charge in [-0.15, -0.1) is 0 Å². The Morgan fingerprint density at radius 3 is 2.62 bits per heavy atom. The minimum Gasteiger partial charge on any atom is -0.363 e. The van der Waals surface area contributed by atoms with E-state index in [2.05, 4.69) is 20.2 Å². The second-order valence-electron chi connectivity index (χ2n) is 6.38. The highest BCUT2D eigenvalue weighted by molar-refractivity contribution is 5.75. The van der Waals surface area contributed by atoms with Gasteiger partial charge in [0.1, 0.15) is 6.33 Å². The molecule has 1 saturated heterocycles. The van der Waals surface area contributed by atoms with Crippen LogP contribution in [0.3, 0.4) is 0 Å². The van der Waals surface area contributed by atoms with E-state index in [0.717, 1.165) is 25.3 Å². The van der Waals surface area contributed by atoms with Gasteiger partial charge in [-0.1, -0.05) is 24.6 Å². The molecule has 0 aliphatic carbocycles. The Kier molecular flexibility index (Phi) is 5.96. The lowest BCUT2D eigenvalue weighted by atomic mass is 10.1. The van der Waals surface area contributed by atoms with Crippen LogP contribution in [0, 0.1) is 10.1 Å². The molecule has 1 aromatic carbocycles. The second-order valence-corrected chi connectivity index (χ2v) is 6.38. The molecule has 1 N–H and O–H groups in total. The van der Waals surface area contributed by atoms with Gasteiger partial charge in [-0.2, -0.15) is 0 Å². The third-order valence-electron chi connectivity index (χ3n) is 4.62. The van der Waals surface area contributed by atoms with Crippen LogP contribution in [0.25, 0.3) is 0 Å². The predicted octanol–water partition coefficient (Wildman–Crippen LogP) is 3.05. The average molecular weight is 356 g/mol. The second kappa shape index (κ2) is 8.57. The van der Waals surface area contributed by atoms with Crippen molar-refractivity contribution >= 4 is 23.0 Å². The van der Waals surface area contributed by atoms with E-state index < -0.39 is 4.92 Å². The van der Waals surface area contributed by atoms with Gasteiger partial charge in [-0.3, -0.25) is 10.1 Å². The number of nitro groups is 1. The van der Waals surface area contributed by atoms with E-state index in [4.69, 9.17) is 0 Å². The molecule has 0 atom stereocenters. The first-order valence-electron chi connectivity index (χ1n) is 8.91. The van der Waals surface area contributed by atoms with Crippen LogP contribution in [0.2, 0.25) is 0 Å². The molecule has 1 fully saturated rings. The van der Waals surface area contributed by atoms with Gasteiger partial charge in [0.25, 0.3) is 0 Å². The number of likely N-dealkylation sites (tertiary alicyclic amines) is 1. The Hall–Kier alpha value is -2.74. The number of para-hydroxylation sites is 1. The monoisotopic (exact) mass is 356 g/mol. The maximum absolute atomic E-state index is 11.7. The maximum atomic E-state index is 11.7. The summed E-state index contributed by atoms with van der Waals surface area (Å²) < 4.78 is 0. The normalized spacial score (nSPS) is 14.8. The lowest BCUT2D eigenvalue weighted by molar-refractivity contribution is -0.383. The van der Waals surface area contributed by atoms with Crippen molar-refractivity contribution in [2.24, 2.45) is 0 Å². The molecule has 26 heavy (non-hydrogen) atoms. The van der Waals surface area contributed by atoms with Crippen LogP contribution in [0.1, 0.15) is 19.3 Å². The van der Waals surface area contributed by atoms with E-state index in [1.165, 1.54) is 25.6 Å². The van der Waals surface area contributed by atoms with Crippen LogP contribution < -0.4 is 10.2 Å². The quantitative estimate of drug-likeness (QED) is 0.602. The maximum Gasteiger partial charge on any atom is 0.353 e. The van der Waals surface area contributed by atoms with Crippen molar-refractivity contribution in [1.82, 2.24) is 14.9 Å². The Balaban J connectivity index is 1.76. The van der Waals surface area contributed by atoms with Gasteiger partial charge >= 0.3 is 5.69 Å². The van der Waals surface area contributed by atoms with Crippen LogP contribution in [0.4, 0.5) is 23.0 Å². The molecule has 0 radical (unpaired) electrons. The number of nitrogens with zero attached hydrogens (tertiary/aromatic N) is 5. The highest BCUT2D eigenvalue weighted by Gasteiger charge is 2.26. The molecule has 0 saturated carbocycles. The predicted molar refractivity (Wildman–Crippen MR) is 102 cm³/mol. The average Bonchev–Trinajstić information content (AvgIpc) is 2.68. The summed E-state index contributed by atoms with van der Waals surface area (Å²) in [7, 11) is 1.77. The van der Waals surface area contributed by atoms with Crippen LogP contribution in [0.5, 0.6) is 0 Å². The molecule has 0 unspecified atom stereocenters. The molecule has 2 heterocycles. The number of benzene rings is 1. The van der Waals surface area contributed by atoms with E-state index in [9.17, 15) is 10.1 Å². The smallest absolute Gasteiger partial charge is 0.353 e. The number of rotatable bonds is 7. The van der Waals surface area contributed by atoms with Crippen molar-refractivity contribution in [2.75, 3.05) is 43.4 Å². The number of nitrogens with one attached hydrogen (secondary N) is 1. The van der Waals surface area contributed by atoms with Crippen molar-refractivity contribution in [3.8, 4) is 0 Å². The number of piperidine rings is 1. The van der Waals surface area contributed by atoms with Crippen molar-refractivity contribution in [1.29, 1.82) is 0 Å². The zero-order chi connectivity index (χ0) is 18.4. The van der Waals surface area contributed by atoms with Crippen LogP contribution in [-0.4, -0.2) is 53.0 Å². The summed E-state index contributed by atoms with van der Waals surface area (Å²) in [4.78, 5) is 23.6. The summed E-state index contributed by atoms with van der Waals surface area (Å²) in [6.07, 6.45) is 5.10. The summed E-state index contributed by atoms with van der Waals surface area (Å²) in [5.74, 6) is 0.538. The summed E-state index contributed by atoms with van der Waals surface area (Å²) in [5.41, 5.74) is 0.728. The minimum atomic E-state index is -0.419. The first kappa shape index (κ1) is 18.1.